The van der Waals surface area contributed by atoms with E-state index in [9.17, 15) is 9.90 Å². The summed E-state index contributed by atoms with van der Waals surface area (Å²) in [7, 11) is 0. The third kappa shape index (κ3) is 2.74. The molecule has 1 amide bonds. The number of nitrogen functional groups attached to an aromatic ring is 1. The van der Waals surface area contributed by atoms with Crippen LogP contribution in [0.5, 0.6) is 0 Å². The predicted octanol–water partition coefficient (Wildman–Crippen LogP) is 0.555. The number of nitrogens with one attached hydrogen (secondary N) is 1. The van der Waals surface area contributed by atoms with Gasteiger partial charge in [0.15, 0.2) is 0 Å². The van der Waals surface area contributed by atoms with Gasteiger partial charge in [-0.2, -0.15) is 0 Å². The average Bonchev–Trinajstić information content (AvgIpc) is 2.77. The van der Waals surface area contributed by atoms with Crippen molar-refractivity contribution < 1.29 is 9.90 Å². The number of nitrogens with zero attached hydrogens (tertiary/aromatic N) is 1. The molecule has 1 saturated carbocycles. The molecule has 1 aliphatic rings. The molecule has 17 heavy (non-hydrogen) atoms. The zero-order valence-corrected chi connectivity index (χ0v) is 9.60. The fourth-order valence-electron chi connectivity index (χ4n) is 2.23. The number of amides is 1. The predicted molar refractivity (Wildman–Crippen MR) is 64.3 cm³/mol. The highest BCUT2D eigenvalue weighted by atomic mass is 16.3. The quantitative estimate of drug-likeness (QED) is 0.714. The molecule has 5 heteroatoms. The fraction of sp³-hybridized carbons (Fsp3) is 0.500. The van der Waals surface area contributed by atoms with Gasteiger partial charge in [-0.15, -0.1) is 0 Å². The summed E-state index contributed by atoms with van der Waals surface area (Å²) in [6, 6.07) is 3.32. The fourth-order valence-corrected chi connectivity index (χ4v) is 2.23. The van der Waals surface area contributed by atoms with Gasteiger partial charge in [-0.3, -0.25) is 4.79 Å². The number of hydrogen-bond acceptors (Lipinski definition) is 4. The number of aliphatic hydroxyl groups excluding tert-OH is 1. The Morgan fingerprint density at radius 1 is 1.53 bits per heavy atom. The summed E-state index contributed by atoms with van der Waals surface area (Å²) in [5.41, 5.74) is 6.41. The van der Waals surface area contributed by atoms with Crippen molar-refractivity contribution in [3.8, 4) is 0 Å². The number of carbonyl (C=O) groups excluding carboxylic acids is 1. The van der Waals surface area contributed by atoms with Gasteiger partial charge in [0.25, 0.3) is 5.91 Å². The van der Waals surface area contributed by atoms with Crippen LogP contribution in [0.4, 0.5) is 5.69 Å². The van der Waals surface area contributed by atoms with E-state index in [0.29, 0.717) is 11.4 Å². The lowest BCUT2D eigenvalue weighted by Crippen LogP contribution is -2.38. The molecular formula is C12H17N3O2. The van der Waals surface area contributed by atoms with Crippen molar-refractivity contribution in [2.24, 2.45) is 5.92 Å². The van der Waals surface area contributed by atoms with E-state index in [1.807, 2.05) is 0 Å². The maximum Gasteiger partial charge on any atom is 0.270 e. The van der Waals surface area contributed by atoms with Crippen molar-refractivity contribution in [1.29, 1.82) is 0 Å². The monoisotopic (exact) mass is 235 g/mol. The molecule has 1 aromatic rings. The van der Waals surface area contributed by atoms with Crippen molar-refractivity contribution in [3.05, 3.63) is 24.0 Å². The lowest BCUT2D eigenvalue weighted by Gasteiger charge is -2.18. The first-order valence-electron chi connectivity index (χ1n) is 5.84. The number of nitrogens with two attached hydrogens (primary N) is 1. The molecule has 2 atom stereocenters. The van der Waals surface area contributed by atoms with Crippen LogP contribution in [-0.4, -0.2) is 28.6 Å². The minimum Gasteiger partial charge on any atom is -0.397 e. The first kappa shape index (κ1) is 11.9. The number of rotatable bonds is 3. The van der Waals surface area contributed by atoms with Crippen molar-refractivity contribution in [1.82, 2.24) is 10.3 Å². The van der Waals surface area contributed by atoms with Gasteiger partial charge in [0.1, 0.15) is 5.69 Å². The van der Waals surface area contributed by atoms with Gasteiger partial charge < -0.3 is 16.2 Å². The van der Waals surface area contributed by atoms with E-state index >= 15 is 0 Å². The van der Waals surface area contributed by atoms with E-state index < -0.39 is 0 Å². The Kier molecular flexibility index (Phi) is 3.58. The second kappa shape index (κ2) is 5.14. The molecule has 1 aromatic heterocycles. The largest absolute Gasteiger partial charge is 0.397 e. The molecule has 0 aliphatic heterocycles. The summed E-state index contributed by atoms with van der Waals surface area (Å²) in [6.45, 7) is 0.125. The molecule has 5 nitrogen and oxygen atoms in total. The third-order valence-electron chi connectivity index (χ3n) is 3.23. The highest BCUT2D eigenvalue weighted by molar-refractivity contribution is 5.92. The molecule has 0 radical (unpaired) electrons. The van der Waals surface area contributed by atoms with E-state index in [2.05, 4.69) is 10.3 Å². The van der Waals surface area contributed by atoms with Crippen molar-refractivity contribution in [2.45, 2.75) is 25.3 Å². The van der Waals surface area contributed by atoms with Crippen LogP contribution < -0.4 is 11.1 Å². The Morgan fingerprint density at radius 2 is 2.35 bits per heavy atom. The normalized spacial score (nSPS) is 23.6. The molecule has 0 spiro atoms. The molecule has 0 bridgehead atoms. The minimum absolute atomic E-state index is 0.0619. The average molecular weight is 235 g/mol. The van der Waals surface area contributed by atoms with Crippen LogP contribution in [-0.2, 0) is 0 Å². The van der Waals surface area contributed by atoms with Crippen molar-refractivity contribution >= 4 is 11.6 Å². The highest BCUT2D eigenvalue weighted by Gasteiger charge is 2.28. The Hall–Kier alpha value is -1.62. The Morgan fingerprint density at radius 3 is 3.00 bits per heavy atom. The van der Waals surface area contributed by atoms with E-state index in [-0.39, 0.29) is 24.5 Å². The van der Waals surface area contributed by atoms with Gasteiger partial charge in [0, 0.05) is 18.6 Å². The molecule has 2 unspecified atom stereocenters. The third-order valence-corrected chi connectivity index (χ3v) is 3.23. The van der Waals surface area contributed by atoms with E-state index in [1.165, 1.54) is 6.20 Å². The van der Waals surface area contributed by atoms with E-state index in [4.69, 9.17) is 5.73 Å². The number of aliphatic hydroxyl groups is 1. The van der Waals surface area contributed by atoms with Crippen LogP contribution in [0.1, 0.15) is 29.8 Å². The van der Waals surface area contributed by atoms with Gasteiger partial charge in [-0.1, -0.05) is 6.42 Å². The Balaban J connectivity index is 1.99. The number of anilines is 1. The topological polar surface area (TPSA) is 88.2 Å². The van der Waals surface area contributed by atoms with Crippen LogP contribution in [0, 0.1) is 5.92 Å². The second-order valence-corrected chi connectivity index (χ2v) is 4.43. The molecule has 1 heterocycles. The molecule has 0 saturated heterocycles. The van der Waals surface area contributed by atoms with Gasteiger partial charge in [-0.25, -0.2) is 4.98 Å². The van der Waals surface area contributed by atoms with Crippen LogP contribution >= 0.6 is 0 Å². The Labute approximate surface area is 100 Å². The number of carbonyl (C=O) groups is 1. The zero-order chi connectivity index (χ0) is 12.3. The van der Waals surface area contributed by atoms with E-state index in [0.717, 1.165) is 19.3 Å². The van der Waals surface area contributed by atoms with Gasteiger partial charge in [-0.05, 0) is 25.0 Å². The minimum atomic E-state index is -0.199. The standard InChI is InChI=1S/C12H17N3O2/c13-9-4-5-11(14-6-9)12(17)15-10-3-1-2-8(10)7-16/h4-6,8,10,16H,1-3,7,13H2,(H,15,17). The highest BCUT2D eigenvalue weighted by Crippen LogP contribution is 2.25. The Bertz CT molecular complexity index is 391. The van der Waals surface area contributed by atoms with Crippen molar-refractivity contribution in [2.75, 3.05) is 12.3 Å². The summed E-state index contributed by atoms with van der Waals surface area (Å²) < 4.78 is 0. The smallest absolute Gasteiger partial charge is 0.270 e. The summed E-state index contributed by atoms with van der Waals surface area (Å²) in [6.07, 6.45) is 4.40. The molecule has 0 aromatic carbocycles. The van der Waals surface area contributed by atoms with Gasteiger partial charge >= 0.3 is 0 Å². The van der Waals surface area contributed by atoms with Crippen LogP contribution in [0.3, 0.4) is 0 Å². The SMILES string of the molecule is Nc1ccc(C(=O)NC2CCCC2CO)nc1. The lowest BCUT2D eigenvalue weighted by atomic mass is 10.1. The lowest BCUT2D eigenvalue weighted by molar-refractivity contribution is 0.0911. The summed E-state index contributed by atoms with van der Waals surface area (Å²) >= 11 is 0. The van der Waals surface area contributed by atoms with E-state index in [1.54, 1.807) is 12.1 Å². The summed E-state index contributed by atoms with van der Waals surface area (Å²) in [4.78, 5) is 15.8. The van der Waals surface area contributed by atoms with Crippen LogP contribution in [0.15, 0.2) is 18.3 Å². The molecule has 4 N–H and O–H groups in total. The number of hydrogen-bond donors (Lipinski definition) is 3. The zero-order valence-electron chi connectivity index (χ0n) is 9.60. The van der Waals surface area contributed by atoms with Gasteiger partial charge in [0.05, 0.1) is 11.9 Å². The molecular weight excluding hydrogens is 218 g/mol. The summed E-state index contributed by atoms with van der Waals surface area (Å²) in [5.74, 6) is -0.0249. The van der Waals surface area contributed by atoms with Crippen LogP contribution in [0.25, 0.3) is 0 Å². The molecule has 92 valence electrons. The maximum atomic E-state index is 11.9. The number of aromatic nitrogens is 1. The maximum absolute atomic E-state index is 11.9. The molecule has 2 rings (SSSR count). The summed E-state index contributed by atoms with van der Waals surface area (Å²) in [5, 5.41) is 12.1. The van der Waals surface area contributed by atoms with Crippen molar-refractivity contribution in [3.63, 3.8) is 0 Å². The van der Waals surface area contributed by atoms with Crippen LogP contribution in [0.2, 0.25) is 0 Å². The first-order chi connectivity index (χ1) is 8.20. The molecule has 1 fully saturated rings. The van der Waals surface area contributed by atoms with Gasteiger partial charge in [0.2, 0.25) is 0 Å². The molecule has 1 aliphatic carbocycles. The second-order valence-electron chi connectivity index (χ2n) is 4.43. The first-order valence-corrected chi connectivity index (χ1v) is 5.84. The number of pyridine rings is 1.